The van der Waals surface area contributed by atoms with Crippen LogP contribution < -0.4 is 15.5 Å². The molecule has 2 amide bonds. The van der Waals surface area contributed by atoms with E-state index in [1.54, 1.807) is 12.1 Å². The quantitative estimate of drug-likeness (QED) is 0.789. The van der Waals surface area contributed by atoms with E-state index in [-0.39, 0.29) is 11.8 Å². The lowest BCUT2D eigenvalue weighted by Gasteiger charge is -2.22. The van der Waals surface area contributed by atoms with Crippen LogP contribution >= 0.6 is 0 Å². The predicted octanol–water partition coefficient (Wildman–Crippen LogP) is 4.23. The van der Waals surface area contributed by atoms with Gasteiger partial charge in [0, 0.05) is 36.6 Å². The van der Waals surface area contributed by atoms with E-state index >= 15 is 0 Å². The Morgan fingerprint density at radius 3 is 2.39 bits per heavy atom. The number of nitrogens with one attached hydrogen (secondary N) is 2. The summed E-state index contributed by atoms with van der Waals surface area (Å²) in [7, 11) is 0. The Bertz CT molecular complexity index is 855. The fraction of sp³-hybridized carbons (Fsp3) is 0.391. The van der Waals surface area contributed by atoms with Crippen LogP contribution in [-0.4, -0.2) is 31.4 Å². The zero-order valence-corrected chi connectivity index (χ0v) is 16.9. The molecule has 2 aromatic carbocycles. The highest BCUT2D eigenvalue weighted by molar-refractivity contribution is 6.07. The molecule has 3 rings (SSSR count). The van der Waals surface area contributed by atoms with Crippen molar-refractivity contribution >= 4 is 23.2 Å². The lowest BCUT2D eigenvalue weighted by atomic mass is 10.1. The van der Waals surface area contributed by atoms with Crippen molar-refractivity contribution in [2.45, 2.75) is 33.6 Å². The third-order valence-electron chi connectivity index (χ3n) is 5.01. The highest BCUT2D eigenvalue weighted by Gasteiger charge is 2.21. The van der Waals surface area contributed by atoms with E-state index in [2.05, 4.69) is 29.4 Å². The number of carbonyl (C=O) groups excluding carboxylic acids is 2. The maximum atomic E-state index is 12.8. The van der Waals surface area contributed by atoms with Gasteiger partial charge in [0.05, 0.1) is 5.56 Å². The number of aryl methyl sites for hydroxylation is 1. The van der Waals surface area contributed by atoms with Crippen LogP contribution in [0.15, 0.2) is 42.5 Å². The van der Waals surface area contributed by atoms with Crippen molar-refractivity contribution in [1.82, 2.24) is 5.32 Å². The van der Waals surface area contributed by atoms with Crippen LogP contribution in [0.25, 0.3) is 0 Å². The second kappa shape index (κ2) is 8.91. The van der Waals surface area contributed by atoms with Crippen LogP contribution in [0.1, 0.15) is 53.0 Å². The van der Waals surface area contributed by atoms with E-state index < -0.39 is 0 Å². The van der Waals surface area contributed by atoms with Crippen LogP contribution in [0.4, 0.5) is 11.4 Å². The molecule has 0 bridgehead atoms. The van der Waals surface area contributed by atoms with E-state index in [4.69, 9.17) is 0 Å². The number of benzene rings is 2. The van der Waals surface area contributed by atoms with Gasteiger partial charge in [-0.15, -0.1) is 0 Å². The lowest BCUT2D eigenvalue weighted by Crippen LogP contribution is -2.30. The van der Waals surface area contributed by atoms with E-state index in [0.29, 0.717) is 29.3 Å². The van der Waals surface area contributed by atoms with E-state index in [0.717, 1.165) is 37.2 Å². The first-order valence-corrected chi connectivity index (χ1v) is 10.00. The van der Waals surface area contributed by atoms with Crippen LogP contribution in [0.3, 0.4) is 0 Å². The van der Waals surface area contributed by atoms with Gasteiger partial charge in [-0.1, -0.05) is 32.0 Å². The minimum atomic E-state index is -0.166. The second-order valence-electron chi connectivity index (χ2n) is 7.80. The topological polar surface area (TPSA) is 61.4 Å². The molecule has 148 valence electrons. The maximum Gasteiger partial charge on any atom is 0.255 e. The van der Waals surface area contributed by atoms with Crippen molar-refractivity contribution in [3.63, 3.8) is 0 Å². The summed E-state index contributed by atoms with van der Waals surface area (Å²) in [5.74, 6) is 0.117. The average molecular weight is 380 g/mol. The average Bonchev–Trinajstić information content (AvgIpc) is 3.21. The number of nitrogens with zero attached hydrogens (tertiary/aromatic N) is 1. The number of carbonyl (C=O) groups is 2. The third kappa shape index (κ3) is 4.71. The first-order valence-electron chi connectivity index (χ1n) is 10.00. The summed E-state index contributed by atoms with van der Waals surface area (Å²) in [5.41, 5.74) is 3.74. The molecule has 1 heterocycles. The van der Waals surface area contributed by atoms with Crippen LogP contribution in [0, 0.1) is 12.8 Å². The molecule has 5 nitrogen and oxygen atoms in total. The van der Waals surface area contributed by atoms with Crippen molar-refractivity contribution in [1.29, 1.82) is 0 Å². The summed E-state index contributed by atoms with van der Waals surface area (Å²) in [6.07, 6.45) is 2.28. The molecule has 1 aliphatic heterocycles. The summed E-state index contributed by atoms with van der Waals surface area (Å²) >= 11 is 0. The molecule has 0 saturated carbocycles. The fourth-order valence-corrected chi connectivity index (χ4v) is 3.45. The molecular weight excluding hydrogens is 350 g/mol. The molecule has 2 aromatic rings. The zero-order chi connectivity index (χ0) is 20.1. The van der Waals surface area contributed by atoms with Gasteiger partial charge in [-0.3, -0.25) is 9.59 Å². The standard InChI is InChI=1S/C23H29N3O2/c1-16(2)15-24-22(27)20-14-18(10-11-21(20)26-12-6-7-13-26)25-23(28)19-9-5-4-8-17(19)3/h4-5,8-11,14,16H,6-7,12-13,15H2,1-3H3,(H,24,27)(H,25,28). The number of amides is 2. The van der Waals surface area contributed by atoms with Crippen LogP contribution in [0.5, 0.6) is 0 Å². The Balaban J connectivity index is 1.86. The van der Waals surface area contributed by atoms with Crippen molar-refractivity contribution in [2.24, 2.45) is 5.92 Å². The van der Waals surface area contributed by atoms with Crippen LogP contribution in [-0.2, 0) is 0 Å². The summed E-state index contributed by atoms with van der Waals surface area (Å²) in [4.78, 5) is 27.7. The normalized spacial score (nSPS) is 13.6. The van der Waals surface area contributed by atoms with Gasteiger partial charge in [0.15, 0.2) is 0 Å². The minimum absolute atomic E-state index is 0.0948. The van der Waals surface area contributed by atoms with Gasteiger partial charge in [-0.25, -0.2) is 0 Å². The first kappa shape index (κ1) is 19.9. The van der Waals surface area contributed by atoms with Gasteiger partial charge in [0.2, 0.25) is 0 Å². The zero-order valence-electron chi connectivity index (χ0n) is 16.9. The van der Waals surface area contributed by atoms with Gasteiger partial charge in [0.25, 0.3) is 11.8 Å². The maximum absolute atomic E-state index is 12.8. The molecule has 0 aromatic heterocycles. The highest BCUT2D eigenvalue weighted by Crippen LogP contribution is 2.28. The number of hydrogen-bond donors (Lipinski definition) is 2. The molecule has 0 radical (unpaired) electrons. The number of anilines is 2. The van der Waals surface area contributed by atoms with Crippen molar-refractivity contribution < 1.29 is 9.59 Å². The van der Waals surface area contributed by atoms with E-state index in [1.165, 1.54) is 0 Å². The lowest BCUT2D eigenvalue weighted by molar-refractivity contribution is 0.0948. The molecule has 1 fully saturated rings. The first-order chi connectivity index (χ1) is 13.5. The Labute approximate surface area is 167 Å². The Hall–Kier alpha value is -2.82. The van der Waals surface area contributed by atoms with E-state index in [9.17, 15) is 9.59 Å². The molecule has 1 aliphatic rings. The molecule has 0 aliphatic carbocycles. The van der Waals surface area contributed by atoms with E-state index in [1.807, 2.05) is 37.3 Å². The molecule has 0 unspecified atom stereocenters. The molecule has 2 N–H and O–H groups in total. The summed E-state index contributed by atoms with van der Waals surface area (Å²) < 4.78 is 0. The predicted molar refractivity (Wildman–Crippen MR) is 114 cm³/mol. The summed E-state index contributed by atoms with van der Waals surface area (Å²) in [6, 6.07) is 13.1. The van der Waals surface area contributed by atoms with Gasteiger partial charge >= 0.3 is 0 Å². The molecule has 0 spiro atoms. The van der Waals surface area contributed by atoms with Crippen molar-refractivity contribution in [3.8, 4) is 0 Å². The summed E-state index contributed by atoms with van der Waals surface area (Å²) in [5, 5.41) is 5.94. The Morgan fingerprint density at radius 1 is 1.00 bits per heavy atom. The van der Waals surface area contributed by atoms with Crippen molar-refractivity contribution in [3.05, 3.63) is 59.2 Å². The fourth-order valence-electron chi connectivity index (χ4n) is 3.45. The SMILES string of the molecule is Cc1ccccc1C(=O)Nc1ccc(N2CCCC2)c(C(=O)NCC(C)C)c1. The van der Waals surface area contributed by atoms with Gasteiger partial charge < -0.3 is 15.5 Å². The molecule has 0 atom stereocenters. The number of rotatable bonds is 6. The van der Waals surface area contributed by atoms with Gasteiger partial charge in [0.1, 0.15) is 0 Å². The van der Waals surface area contributed by atoms with Crippen molar-refractivity contribution in [2.75, 3.05) is 29.9 Å². The monoisotopic (exact) mass is 379 g/mol. The second-order valence-corrected chi connectivity index (χ2v) is 7.80. The van der Waals surface area contributed by atoms with Gasteiger partial charge in [-0.05, 0) is 55.5 Å². The number of hydrogen-bond acceptors (Lipinski definition) is 3. The summed E-state index contributed by atoms with van der Waals surface area (Å²) in [6.45, 7) is 8.59. The third-order valence-corrected chi connectivity index (χ3v) is 5.01. The Morgan fingerprint density at radius 2 is 1.71 bits per heavy atom. The molecule has 1 saturated heterocycles. The van der Waals surface area contributed by atoms with Crippen LogP contribution in [0.2, 0.25) is 0 Å². The smallest absolute Gasteiger partial charge is 0.255 e. The van der Waals surface area contributed by atoms with Gasteiger partial charge in [-0.2, -0.15) is 0 Å². The largest absolute Gasteiger partial charge is 0.371 e. The molecule has 28 heavy (non-hydrogen) atoms. The Kier molecular flexibility index (Phi) is 6.34. The molecule has 5 heteroatoms. The minimum Gasteiger partial charge on any atom is -0.371 e. The highest BCUT2D eigenvalue weighted by atomic mass is 16.2. The molecular formula is C23H29N3O2.